The Kier molecular flexibility index (Phi) is 17.1. The lowest BCUT2D eigenvalue weighted by atomic mass is 10.1. The van der Waals surface area contributed by atoms with Crippen LogP contribution in [0.25, 0.3) is 0 Å². The van der Waals surface area contributed by atoms with Crippen LogP contribution in [0.3, 0.4) is 0 Å². The topological polar surface area (TPSA) is 92.3 Å². The molecule has 10 heteroatoms. The van der Waals surface area contributed by atoms with Gasteiger partial charge in [-0.15, -0.1) is 0 Å². The Morgan fingerprint density at radius 2 is 0.568 bits per heavy atom. The van der Waals surface area contributed by atoms with Crippen LogP contribution in [0.2, 0.25) is 0 Å². The van der Waals surface area contributed by atoms with Crippen molar-refractivity contribution in [2.45, 2.75) is 51.7 Å². The average Bonchev–Trinajstić information content (AvgIpc) is 3.02. The van der Waals surface area contributed by atoms with Gasteiger partial charge in [0.05, 0.1) is 66.1 Å². The summed E-state index contributed by atoms with van der Waals surface area (Å²) >= 11 is 0. The molecule has 0 atom stereocenters. The molecule has 0 N–H and O–H groups in total. The standard InChI is InChI=1S/C34H50O10/c1-2-4-6-8-40-28-30-23-33-26-34(24-30)44-20-16-38-12-10-36-14-18-42-32-22-29(27-39-7-5-3-1)21-31(25-32)41-17-13-35-9-11-37-15-19-43-33/h21-26H,1-20,27-28H2. The van der Waals surface area contributed by atoms with Crippen LogP contribution in [-0.4, -0.2) is 92.5 Å². The molecule has 5 rings (SSSR count). The second-order valence-electron chi connectivity index (χ2n) is 10.7. The monoisotopic (exact) mass is 618 g/mol. The number of benzene rings is 2. The van der Waals surface area contributed by atoms with Crippen LogP contribution < -0.4 is 18.9 Å². The van der Waals surface area contributed by atoms with Crippen molar-refractivity contribution in [3.63, 3.8) is 0 Å². The van der Waals surface area contributed by atoms with E-state index in [0.29, 0.717) is 92.5 Å². The average molecular weight is 619 g/mol. The molecule has 0 saturated heterocycles. The van der Waals surface area contributed by atoms with E-state index in [4.69, 9.17) is 47.4 Å². The van der Waals surface area contributed by atoms with E-state index >= 15 is 0 Å². The molecule has 2 aromatic carbocycles. The molecular formula is C34H50O10. The molecule has 0 aliphatic carbocycles. The smallest absolute Gasteiger partial charge is 0.123 e. The van der Waals surface area contributed by atoms with Crippen LogP contribution in [0.4, 0.5) is 0 Å². The normalized spacial score (nSPS) is 20.3. The zero-order valence-electron chi connectivity index (χ0n) is 26.1. The molecule has 0 radical (unpaired) electrons. The molecule has 0 aromatic heterocycles. The van der Waals surface area contributed by atoms with Gasteiger partial charge in [-0.25, -0.2) is 0 Å². The van der Waals surface area contributed by atoms with E-state index in [1.807, 2.05) is 36.4 Å². The van der Waals surface area contributed by atoms with Gasteiger partial charge in [-0.1, -0.05) is 25.7 Å². The molecule has 0 unspecified atom stereocenters. The van der Waals surface area contributed by atoms with Crippen LogP contribution in [0, 0.1) is 0 Å². The molecule has 0 amide bonds. The highest BCUT2D eigenvalue weighted by atomic mass is 16.6. The van der Waals surface area contributed by atoms with E-state index in [1.165, 1.54) is 12.8 Å². The molecule has 3 aliphatic rings. The minimum Gasteiger partial charge on any atom is -0.491 e. The van der Waals surface area contributed by atoms with E-state index in [1.54, 1.807) is 0 Å². The van der Waals surface area contributed by atoms with Crippen molar-refractivity contribution in [1.82, 2.24) is 0 Å². The molecule has 10 nitrogen and oxygen atoms in total. The third-order valence-electron chi connectivity index (χ3n) is 6.97. The molecule has 3 aliphatic heterocycles. The highest BCUT2D eigenvalue weighted by Gasteiger charge is 2.08. The molecule has 6 bridgehead atoms. The van der Waals surface area contributed by atoms with Crippen LogP contribution in [-0.2, 0) is 41.6 Å². The first-order valence-electron chi connectivity index (χ1n) is 16.1. The lowest BCUT2D eigenvalue weighted by Crippen LogP contribution is -2.14. The summed E-state index contributed by atoms with van der Waals surface area (Å²) in [7, 11) is 0. The Morgan fingerprint density at radius 3 is 0.909 bits per heavy atom. The van der Waals surface area contributed by atoms with E-state index in [9.17, 15) is 0 Å². The van der Waals surface area contributed by atoms with Gasteiger partial charge < -0.3 is 47.4 Å². The minimum absolute atomic E-state index is 0.417. The maximum atomic E-state index is 5.99. The summed E-state index contributed by atoms with van der Waals surface area (Å²) in [6, 6.07) is 11.8. The van der Waals surface area contributed by atoms with Crippen molar-refractivity contribution in [2.75, 3.05) is 92.5 Å². The van der Waals surface area contributed by atoms with Crippen molar-refractivity contribution >= 4 is 0 Å². The number of fused-ring (bicyclic) bond motifs is 29. The summed E-state index contributed by atoms with van der Waals surface area (Å²) < 4.78 is 58.7. The van der Waals surface area contributed by atoms with Gasteiger partial charge in [0.1, 0.15) is 49.4 Å². The zero-order valence-corrected chi connectivity index (χ0v) is 26.1. The molecule has 0 spiro atoms. The summed E-state index contributed by atoms with van der Waals surface area (Å²) in [6.45, 7) is 7.81. The number of ether oxygens (including phenoxy) is 10. The zero-order chi connectivity index (χ0) is 30.3. The van der Waals surface area contributed by atoms with E-state index in [2.05, 4.69) is 0 Å². The van der Waals surface area contributed by atoms with Gasteiger partial charge in [0.25, 0.3) is 0 Å². The maximum Gasteiger partial charge on any atom is 0.123 e. The number of hydrogen-bond acceptors (Lipinski definition) is 10. The summed E-state index contributed by atoms with van der Waals surface area (Å²) in [4.78, 5) is 0. The predicted molar refractivity (Wildman–Crippen MR) is 165 cm³/mol. The lowest BCUT2D eigenvalue weighted by molar-refractivity contribution is 0.0259. The SMILES string of the molecule is c1c2cc3cc1OCCOCCOCCOc1cc(cc(c1)OCCOCCOCCO3)COCCCCCCCCOC2. The molecular weight excluding hydrogens is 568 g/mol. The van der Waals surface area contributed by atoms with Gasteiger partial charge in [-0.05, 0) is 48.2 Å². The van der Waals surface area contributed by atoms with E-state index in [-0.39, 0.29) is 0 Å². The van der Waals surface area contributed by atoms with Crippen molar-refractivity contribution in [3.05, 3.63) is 47.5 Å². The van der Waals surface area contributed by atoms with Crippen molar-refractivity contribution in [3.8, 4) is 23.0 Å². The van der Waals surface area contributed by atoms with Gasteiger partial charge >= 0.3 is 0 Å². The molecule has 0 saturated carbocycles. The molecule has 246 valence electrons. The van der Waals surface area contributed by atoms with Crippen molar-refractivity contribution in [2.24, 2.45) is 0 Å². The summed E-state index contributed by atoms with van der Waals surface area (Å²) in [6.07, 6.45) is 6.79. The highest BCUT2D eigenvalue weighted by Crippen LogP contribution is 2.25. The molecule has 3 heterocycles. The fourth-order valence-electron chi connectivity index (χ4n) is 4.77. The van der Waals surface area contributed by atoms with Gasteiger partial charge in [-0.3, -0.25) is 0 Å². The van der Waals surface area contributed by atoms with Gasteiger partial charge in [0, 0.05) is 25.3 Å². The quantitative estimate of drug-likeness (QED) is 0.359. The van der Waals surface area contributed by atoms with Crippen LogP contribution in [0.1, 0.15) is 49.7 Å². The Labute approximate surface area is 262 Å². The fraction of sp³-hybridized carbons (Fsp3) is 0.647. The Morgan fingerprint density at radius 1 is 0.273 bits per heavy atom. The first-order valence-corrected chi connectivity index (χ1v) is 16.1. The van der Waals surface area contributed by atoms with Gasteiger partial charge in [-0.2, -0.15) is 0 Å². The highest BCUT2D eigenvalue weighted by molar-refractivity contribution is 5.39. The summed E-state index contributed by atoms with van der Waals surface area (Å²) in [5.41, 5.74) is 2.02. The van der Waals surface area contributed by atoms with Gasteiger partial charge in [0.2, 0.25) is 0 Å². The van der Waals surface area contributed by atoms with E-state index in [0.717, 1.165) is 73.0 Å². The second kappa shape index (κ2) is 22.0. The third-order valence-corrected chi connectivity index (χ3v) is 6.97. The van der Waals surface area contributed by atoms with Crippen molar-refractivity contribution < 1.29 is 47.4 Å². The first-order chi connectivity index (χ1) is 21.8. The Bertz CT molecular complexity index is 891. The van der Waals surface area contributed by atoms with Crippen molar-refractivity contribution in [1.29, 1.82) is 0 Å². The fourth-order valence-corrected chi connectivity index (χ4v) is 4.77. The van der Waals surface area contributed by atoms with Crippen LogP contribution in [0.15, 0.2) is 36.4 Å². The van der Waals surface area contributed by atoms with Gasteiger partial charge in [0.15, 0.2) is 0 Å². The lowest BCUT2D eigenvalue weighted by Gasteiger charge is -2.14. The minimum atomic E-state index is 0.417. The molecule has 44 heavy (non-hydrogen) atoms. The Balaban J connectivity index is 1.40. The van der Waals surface area contributed by atoms with Crippen LogP contribution >= 0.6 is 0 Å². The second-order valence-corrected chi connectivity index (χ2v) is 10.7. The first kappa shape index (κ1) is 34.3. The summed E-state index contributed by atoms with van der Waals surface area (Å²) in [5.74, 6) is 2.89. The number of rotatable bonds is 0. The van der Waals surface area contributed by atoms with Crippen LogP contribution in [0.5, 0.6) is 23.0 Å². The largest absolute Gasteiger partial charge is 0.491 e. The molecule has 0 fully saturated rings. The molecule has 2 aromatic rings. The number of hydrogen-bond donors (Lipinski definition) is 0. The Hall–Kier alpha value is -2.60. The van der Waals surface area contributed by atoms with E-state index < -0.39 is 0 Å². The predicted octanol–water partition coefficient (Wildman–Crippen LogP) is 5.37. The maximum absolute atomic E-state index is 5.99. The third kappa shape index (κ3) is 14.9. The summed E-state index contributed by atoms with van der Waals surface area (Å²) in [5, 5.41) is 0.